The maximum atomic E-state index is 7.00. The quantitative estimate of drug-likeness (QED) is 0.164. The second-order valence-electron chi connectivity index (χ2n) is 24.4. The third-order valence-electron chi connectivity index (χ3n) is 16.2. The van der Waals surface area contributed by atoms with E-state index in [9.17, 15) is 0 Å². The molecule has 4 heterocycles. The molecule has 0 atom stereocenters. The molecular formula is C66H62BN3O. The van der Waals surface area contributed by atoms with E-state index in [0.717, 1.165) is 50.4 Å². The summed E-state index contributed by atoms with van der Waals surface area (Å²) >= 11 is 0. The lowest BCUT2D eigenvalue weighted by atomic mass is 9.33. The molecule has 5 heteroatoms. The number of anilines is 6. The number of fused-ring (bicyclic) bond motifs is 12. The molecule has 0 bridgehead atoms. The van der Waals surface area contributed by atoms with E-state index in [-0.39, 0.29) is 28.4 Å². The number of aromatic nitrogens is 1. The number of hydrogen-bond acceptors (Lipinski definition) is 3. The molecule has 71 heavy (non-hydrogen) atoms. The van der Waals surface area contributed by atoms with Crippen LogP contribution in [-0.2, 0) is 21.7 Å². The average molecular weight is 924 g/mol. The number of aryl methyl sites for hydroxylation is 1. The Bertz CT molecular complexity index is 3810. The minimum absolute atomic E-state index is 0.0287. The molecule has 13 rings (SSSR count). The molecule has 0 N–H and O–H groups in total. The highest BCUT2D eigenvalue weighted by atomic mass is 16.3. The predicted molar refractivity (Wildman–Crippen MR) is 303 cm³/mol. The van der Waals surface area contributed by atoms with E-state index >= 15 is 0 Å². The van der Waals surface area contributed by atoms with Crippen LogP contribution in [0.5, 0.6) is 0 Å². The molecule has 8 aromatic carbocycles. The highest BCUT2D eigenvalue weighted by Gasteiger charge is 2.48. The fourth-order valence-electron chi connectivity index (χ4n) is 12.6. The van der Waals surface area contributed by atoms with Gasteiger partial charge in [-0.05, 0) is 140 Å². The third kappa shape index (κ3) is 6.30. The van der Waals surface area contributed by atoms with Gasteiger partial charge in [-0.2, -0.15) is 0 Å². The van der Waals surface area contributed by atoms with Crippen LogP contribution in [0, 0.1) is 6.92 Å². The summed E-state index contributed by atoms with van der Waals surface area (Å²) in [7, 11) is 0. The standard InChI is InChI=1S/C66H62BN3O/c1-39-34-55-59-56(35-39)70-60-49(58-61(70)48-19-13-15-21-50(48)66(58,11)12)36-42(65(8,9)10)37-52(60)67(59)51-33-32-45(38-54(51)69(55)53-22-17-20-47-46-18-14-16-23-57(46)71-62(47)53)68(43-28-24-40(25-29-43)63(2,3)4)44-30-26-41(27-31-44)64(5,6)7/h13-38H,1-12H3. The molecule has 0 unspecified atom stereocenters. The summed E-state index contributed by atoms with van der Waals surface area (Å²) in [6.45, 7) is 28.0. The first kappa shape index (κ1) is 43.8. The Balaban J connectivity index is 1.14. The van der Waals surface area contributed by atoms with Crippen LogP contribution in [0.3, 0.4) is 0 Å². The molecule has 1 aliphatic carbocycles. The Morgan fingerprint density at radius 3 is 1.79 bits per heavy atom. The van der Waals surface area contributed by atoms with E-state index in [2.05, 4.69) is 255 Å². The molecule has 3 aliphatic rings. The molecule has 10 aromatic rings. The molecular weight excluding hydrogens is 862 g/mol. The minimum Gasteiger partial charge on any atom is -0.454 e. The molecule has 0 fully saturated rings. The summed E-state index contributed by atoms with van der Waals surface area (Å²) in [5, 5.41) is 3.61. The topological polar surface area (TPSA) is 24.6 Å². The Hall–Kier alpha value is -7.24. The zero-order chi connectivity index (χ0) is 49.3. The van der Waals surface area contributed by atoms with Crippen molar-refractivity contribution in [2.45, 2.75) is 105 Å². The fourth-order valence-corrected chi connectivity index (χ4v) is 12.6. The Morgan fingerprint density at radius 1 is 0.507 bits per heavy atom. The predicted octanol–water partition coefficient (Wildman–Crippen LogP) is 16.1. The van der Waals surface area contributed by atoms with Gasteiger partial charge in [-0.3, -0.25) is 0 Å². The molecule has 350 valence electrons. The Labute approximate surface area is 419 Å². The van der Waals surface area contributed by atoms with Gasteiger partial charge in [-0.1, -0.05) is 167 Å². The fraction of sp³-hybridized carbons (Fsp3) is 0.242. The Morgan fingerprint density at radius 2 is 1.11 bits per heavy atom. The first-order valence-electron chi connectivity index (χ1n) is 25.6. The summed E-state index contributed by atoms with van der Waals surface area (Å²) in [6.07, 6.45) is 0. The van der Waals surface area contributed by atoms with Crippen molar-refractivity contribution in [3.05, 3.63) is 191 Å². The highest BCUT2D eigenvalue weighted by Crippen LogP contribution is 2.55. The zero-order valence-corrected chi connectivity index (χ0v) is 43.3. The maximum absolute atomic E-state index is 7.00. The monoisotopic (exact) mass is 923 g/mol. The van der Waals surface area contributed by atoms with Crippen molar-refractivity contribution in [2.75, 3.05) is 9.80 Å². The van der Waals surface area contributed by atoms with Gasteiger partial charge in [0.1, 0.15) is 5.58 Å². The van der Waals surface area contributed by atoms with Crippen LogP contribution in [-0.4, -0.2) is 11.3 Å². The Kier molecular flexibility index (Phi) is 9.04. The van der Waals surface area contributed by atoms with E-state index in [1.165, 1.54) is 83.3 Å². The van der Waals surface area contributed by atoms with Gasteiger partial charge in [0.15, 0.2) is 5.58 Å². The summed E-state index contributed by atoms with van der Waals surface area (Å²) in [6, 6.07) is 60.1. The first-order chi connectivity index (χ1) is 33.8. The molecule has 0 radical (unpaired) electrons. The van der Waals surface area contributed by atoms with Crippen LogP contribution < -0.4 is 26.2 Å². The van der Waals surface area contributed by atoms with E-state index < -0.39 is 0 Å². The van der Waals surface area contributed by atoms with E-state index in [4.69, 9.17) is 4.42 Å². The van der Waals surface area contributed by atoms with Crippen LogP contribution in [0.1, 0.15) is 110 Å². The second-order valence-corrected chi connectivity index (χ2v) is 24.4. The summed E-state index contributed by atoms with van der Waals surface area (Å²) < 4.78 is 9.67. The summed E-state index contributed by atoms with van der Waals surface area (Å²) in [5.74, 6) is 0. The highest BCUT2D eigenvalue weighted by molar-refractivity contribution is 7.00. The second kappa shape index (κ2) is 14.7. The normalized spacial score (nSPS) is 14.5. The largest absolute Gasteiger partial charge is 0.454 e. The van der Waals surface area contributed by atoms with Crippen molar-refractivity contribution >= 4 is 90.1 Å². The summed E-state index contributed by atoms with van der Waals surface area (Å²) in [4.78, 5) is 5.00. The lowest BCUT2D eigenvalue weighted by Gasteiger charge is -2.41. The molecule has 0 spiro atoms. The number of rotatable bonds is 4. The average Bonchev–Trinajstić information content (AvgIpc) is 3.97. The third-order valence-corrected chi connectivity index (χ3v) is 16.2. The lowest BCUT2D eigenvalue weighted by Crippen LogP contribution is -2.60. The lowest BCUT2D eigenvalue weighted by molar-refractivity contribution is 0.590. The zero-order valence-electron chi connectivity index (χ0n) is 43.3. The number of nitrogens with zero attached hydrogens (tertiary/aromatic N) is 3. The number of para-hydroxylation sites is 2. The van der Waals surface area contributed by atoms with Crippen LogP contribution in [0.4, 0.5) is 34.1 Å². The van der Waals surface area contributed by atoms with Crippen molar-refractivity contribution in [3.8, 4) is 16.9 Å². The smallest absolute Gasteiger partial charge is 0.252 e. The van der Waals surface area contributed by atoms with Gasteiger partial charge >= 0.3 is 0 Å². The van der Waals surface area contributed by atoms with Crippen molar-refractivity contribution in [1.29, 1.82) is 0 Å². The number of furan rings is 1. The van der Waals surface area contributed by atoms with E-state index in [1.807, 2.05) is 0 Å². The van der Waals surface area contributed by atoms with Gasteiger partial charge in [-0.25, -0.2) is 0 Å². The van der Waals surface area contributed by atoms with E-state index in [0.29, 0.717) is 0 Å². The maximum Gasteiger partial charge on any atom is 0.252 e. The van der Waals surface area contributed by atoms with Gasteiger partial charge in [0.25, 0.3) is 6.71 Å². The molecule has 2 aliphatic heterocycles. The van der Waals surface area contributed by atoms with Gasteiger partial charge in [0.2, 0.25) is 0 Å². The van der Waals surface area contributed by atoms with Crippen LogP contribution >= 0.6 is 0 Å². The van der Waals surface area contributed by atoms with Crippen LogP contribution in [0.25, 0.3) is 49.8 Å². The minimum atomic E-state index is -0.189. The van der Waals surface area contributed by atoms with Crippen LogP contribution in [0.2, 0.25) is 0 Å². The number of hydrogen-bond donors (Lipinski definition) is 0. The van der Waals surface area contributed by atoms with Crippen LogP contribution in [0.15, 0.2) is 162 Å². The summed E-state index contributed by atoms with van der Waals surface area (Å²) in [5.41, 5.74) is 25.5. The molecule has 0 saturated carbocycles. The van der Waals surface area contributed by atoms with Crippen molar-refractivity contribution in [1.82, 2.24) is 4.57 Å². The van der Waals surface area contributed by atoms with Crippen molar-refractivity contribution in [3.63, 3.8) is 0 Å². The molecule has 0 saturated heterocycles. The van der Waals surface area contributed by atoms with Gasteiger partial charge in [0.05, 0.1) is 11.4 Å². The molecule has 2 aromatic heterocycles. The number of benzene rings is 8. The van der Waals surface area contributed by atoms with Crippen molar-refractivity contribution < 1.29 is 4.42 Å². The SMILES string of the molecule is Cc1cc2c3c(c1)-n1c4c(c5cc(C(C)(C)C)cc(c51)B3c1ccc(N(c3ccc(C(C)(C)C)cc3)c3ccc(C(C)(C)C)cc3)cc1N2c1cccc2c1oc1ccccc12)C(C)(C)c1ccccc1-4. The van der Waals surface area contributed by atoms with Gasteiger partial charge < -0.3 is 18.8 Å². The van der Waals surface area contributed by atoms with Gasteiger partial charge in [-0.15, -0.1) is 0 Å². The van der Waals surface area contributed by atoms with E-state index in [1.54, 1.807) is 0 Å². The van der Waals surface area contributed by atoms with Gasteiger partial charge in [0, 0.05) is 66.8 Å². The van der Waals surface area contributed by atoms with Crippen molar-refractivity contribution in [2.24, 2.45) is 0 Å². The first-order valence-corrected chi connectivity index (χ1v) is 25.6. The molecule has 0 amide bonds. The molecule has 4 nitrogen and oxygen atoms in total.